The molecule has 2 aromatic rings. The highest BCUT2D eigenvalue weighted by molar-refractivity contribution is 8.13. The van der Waals surface area contributed by atoms with Gasteiger partial charge < -0.3 is 5.32 Å². The Hall–Kier alpha value is -2.07. The van der Waals surface area contributed by atoms with Gasteiger partial charge in [0.25, 0.3) is 0 Å². The van der Waals surface area contributed by atoms with Crippen molar-refractivity contribution < 1.29 is 9.59 Å². The zero-order valence-electron chi connectivity index (χ0n) is 13.2. The molecule has 0 fully saturated rings. The van der Waals surface area contributed by atoms with Crippen molar-refractivity contribution in [3.63, 3.8) is 0 Å². The molecule has 0 aromatic heterocycles. The van der Waals surface area contributed by atoms with Gasteiger partial charge in [0.15, 0.2) is 5.12 Å². The lowest BCUT2D eigenvalue weighted by atomic mass is 9.99. The van der Waals surface area contributed by atoms with E-state index < -0.39 is 0 Å². The third kappa shape index (κ3) is 5.57. The number of nitrogens with one attached hydrogen (secondary N) is 1. The summed E-state index contributed by atoms with van der Waals surface area (Å²) in [6.07, 6.45) is 4.38. The molecule has 120 valence electrons. The van der Waals surface area contributed by atoms with Gasteiger partial charge in [-0.05, 0) is 35.8 Å². The average Bonchev–Trinajstić information content (AvgIpc) is 2.61. The lowest BCUT2D eigenvalue weighted by Crippen LogP contribution is -2.30. The second-order valence-electron chi connectivity index (χ2n) is 5.36. The molecule has 1 atom stereocenters. The van der Waals surface area contributed by atoms with E-state index in [1.54, 1.807) is 6.26 Å². The predicted octanol–water partition coefficient (Wildman–Crippen LogP) is 3.68. The van der Waals surface area contributed by atoms with Crippen LogP contribution in [0.1, 0.15) is 18.4 Å². The Labute approximate surface area is 141 Å². The molecule has 0 saturated heterocycles. The minimum Gasteiger partial charge on any atom is -0.356 e. The molecule has 23 heavy (non-hydrogen) atoms. The smallest absolute Gasteiger partial charge is 0.207 e. The number of amides is 1. The summed E-state index contributed by atoms with van der Waals surface area (Å²) in [5.74, 6) is 0. The first-order chi connectivity index (χ1) is 11.2. The van der Waals surface area contributed by atoms with Crippen LogP contribution in [0.15, 0.2) is 54.6 Å². The molecule has 0 spiro atoms. The first-order valence-electron chi connectivity index (χ1n) is 7.64. The molecule has 0 bridgehead atoms. The van der Waals surface area contributed by atoms with Crippen LogP contribution in [0.2, 0.25) is 0 Å². The molecule has 1 unspecified atom stereocenters. The van der Waals surface area contributed by atoms with E-state index in [4.69, 9.17) is 0 Å². The third-order valence-corrected chi connectivity index (χ3v) is 4.43. The summed E-state index contributed by atoms with van der Waals surface area (Å²) in [5.41, 5.74) is 3.51. The normalized spacial score (nSPS) is 11.7. The molecular formula is C19H21NO2S. The van der Waals surface area contributed by atoms with Crippen LogP contribution in [0.4, 0.5) is 0 Å². The maximum absolute atomic E-state index is 11.4. The Bertz CT molecular complexity index is 626. The minimum absolute atomic E-state index is 0.00817. The van der Waals surface area contributed by atoms with E-state index in [0.29, 0.717) is 19.3 Å². The highest BCUT2D eigenvalue weighted by atomic mass is 32.2. The lowest BCUT2D eigenvalue weighted by molar-refractivity contribution is -0.112. The van der Waals surface area contributed by atoms with E-state index in [2.05, 4.69) is 41.7 Å². The Morgan fingerprint density at radius 3 is 2.35 bits per heavy atom. The molecule has 1 N–H and O–H groups in total. The molecule has 0 heterocycles. The Balaban J connectivity index is 1.99. The number of hydrogen-bond acceptors (Lipinski definition) is 3. The van der Waals surface area contributed by atoms with E-state index in [0.717, 1.165) is 12.0 Å². The van der Waals surface area contributed by atoms with Crippen molar-refractivity contribution in [1.29, 1.82) is 0 Å². The number of benzene rings is 2. The van der Waals surface area contributed by atoms with Crippen molar-refractivity contribution in [3.8, 4) is 11.1 Å². The van der Waals surface area contributed by atoms with Crippen LogP contribution >= 0.6 is 11.8 Å². The van der Waals surface area contributed by atoms with Crippen LogP contribution < -0.4 is 5.32 Å². The molecule has 0 aliphatic carbocycles. The molecule has 0 aliphatic heterocycles. The number of carbonyl (C=O) groups excluding carboxylic acids is 2. The summed E-state index contributed by atoms with van der Waals surface area (Å²) in [7, 11) is 0. The quantitative estimate of drug-likeness (QED) is 0.752. The van der Waals surface area contributed by atoms with Gasteiger partial charge in [-0.25, -0.2) is 0 Å². The third-order valence-electron chi connectivity index (χ3n) is 3.77. The highest BCUT2D eigenvalue weighted by Crippen LogP contribution is 2.20. The Morgan fingerprint density at radius 2 is 1.74 bits per heavy atom. The number of rotatable bonds is 8. The van der Waals surface area contributed by atoms with Crippen LogP contribution in [0.5, 0.6) is 0 Å². The fourth-order valence-electron chi connectivity index (χ4n) is 2.48. The Kier molecular flexibility index (Phi) is 6.88. The molecule has 0 radical (unpaired) electrons. The van der Waals surface area contributed by atoms with Crippen molar-refractivity contribution in [2.45, 2.75) is 25.3 Å². The highest BCUT2D eigenvalue weighted by Gasteiger charge is 2.11. The van der Waals surface area contributed by atoms with Gasteiger partial charge in [0.05, 0.1) is 0 Å². The molecule has 4 heteroatoms. The second kappa shape index (κ2) is 9.16. The van der Waals surface area contributed by atoms with Crippen molar-refractivity contribution in [2.75, 3.05) is 6.26 Å². The molecule has 0 aliphatic rings. The van der Waals surface area contributed by atoms with Crippen LogP contribution in [0.3, 0.4) is 0 Å². The SMILES string of the molecule is CSC(=O)CCC(Cc1ccc(-c2ccccc2)cc1)NC=O. The first kappa shape index (κ1) is 17.3. The molecule has 2 rings (SSSR count). The summed E-state index contributed by atoms with van der Waals surface area (Å²) in [6, 6.07) is 18.6. The van der Waals surface area contributed by atoms with Gasteiger partial charge in [0, 0.05) is 12.5 Å². The summed E-state index contributed by atoms with van der Waals surface area (Å²) >= 11 is 1.24. The number of carbonyl (C=O) groups is 2. The standard InChI is InChI=1S/C19H21NO2S/c1-23-19(22)12-11-18(20-14-21)13-15-7-9-17(10-8-15)16-5-3-2-4-6-16/h2-10,14,18H,11-13H2,1H3,(H,20,21). The van der Waals surface area contributed by atoms with Gasteiger partial charge in [-0.15, -0.1) is 0 Å². The second-order valence-corrected chi connectivity index (χ2v) is 6.23. The van der Waals surface area contributed by atoms with Gasteiger partial charge in [-0.2, -0.15) is 0 Å². The van der Waals surface area contributed by atoms with Gasteiger partial charge in [-0.3, -0.25) is 9.59 Å². The summed E-state index contributed by atoms with van der Waals surface area (Å²) < 4.78 is 0. The van der Waals surface area contributed by atoms with Crippen LogP contribution in [0.25, 0.3) is 11.1 Å². The average molecular weight is 327 g/mol. The van der Waals surface area contributed by atoms with E-state index in [9.17, 15) is 9.59 Å². The van der Waals surface area contributed by atoms with Gasteiger partial charge in [0.2, 0.25) is 6.41 Å². The van der Waals surface area contributed by atoms with Crippen LogP contribution in [-0.4, -0.2) is 23.8 Å². The van der Waals surface area contributed by atoms with E-state index >= 15 is 0 Å². The number of hydrogen-bond donors (Lipinski definition) is 1. The van der Waals surface area contributed by atoms with Gasteiger partial charge in [-0.1, -0.05) is 66.4 Å². The molecular weight excluding hydrogens is 306 g/mol. The van der Waals surface area contributed by atoms with E-state index in [1.165, 1.54) is 22.9 Å². The first-order valence-corrected chi connectivity index (χ1v) is 8.86. The maximum Gasteiger partial charge on any atom is 0.207 e. The lowest BCUT2D eigenvalue weighted by Gasteiger charge is -2.16. The zero-order chi connectivity index (χ0) is 16.5. The minimum atomic E-state index is -0.00817. The number of thioether (sulfide) groups is 1. The summed E-state index contributed by atoms with van der Waals surface area (Å²) in [5, 5.41) is 2.97. The van der Waals surface area contributed by atoms with Crippen LogP contribution in [-0.2, 0) is 16.0 Å². The fourth-order valence-corrected chi connectivity index (χ4v) is 2.81. The van der Waals surface area contributed by atoms with Gasteiger partial charge in [0.1, 0.15) is 0 Å². The van der Waals surface area contributed by atoms with E-state index in [1.807, 2.05) is 18.2 Å². The summed E-state index contributed by atoms with van der Waals surface area (Å²) in [6.45, 7) is 0. The maximum atomic E-state index is 11.4. The largest absolute Gasteiger partial charge is 0.356 e. The topological polar surface area (TPSA) is 46.2 Å². The molecule has 3 nitrogen and oxygen atoms in total. The van der Waals surface area contributed by atoms with Crippen LogP contribution in [0, 0.1) is 0 Å². The summed E-state index contributed by atoms with van der Waals surface area (Å²) in [4.78, 5) is 22.2. The monoisotopic (exact) mass is 327 g/mol. The van der Waals surface area contributed by atoms with Gasteiger partial charge >= 0.3 is 0 Å². The van der Waals surface area contributed by atoms with Crippen molar-refractivity contribution in [2.24, 2.45) is 0 Å². The molecule has 1 amide bonds. The molecule has 2 aromatic carbocycles. The fraction of sp³-hybridized carbons (Fsp3) is 0.263. The Morgan fingerprint density at radius 1 is 1.09 bits per heavy atom. The van der Waals surface area contributed by atoms with Crippen molar-refractivity contribution in [1.82, 2.24) is 5.32 Å². The van der Waals surface area contributed by atoms with Crippen molar-refractivity contribution in [3.05, 3.63) is 60.2 Å². The molecule has 0 saturated carbocycles. The zero-order valence-corrected chi connectivity index (χ0v) is 14.0. The van der Waals surface area contributed by atoms with Crippen molar-refractivity contribution >= 4 is 23.3 Å². The van der Waals surface area contributed by atoms with E-state index in [-0.39, 0.29) is 11.2 Å². The predicted molar refractivity (Wildman–Crippen MR) is 96.3 cm³/mol.